The van der Waals surface area contributed by atoms with Gasteiger partial charge in [0.15, 0.2) is 0 Å². The number of aromatic nitrogens is 2. The highest BCUT2D eigenvalue weighted by atomic mass is 16.2. The summed E-state index contributed by atoms with van der Waals surface area (Å²) >= 11 is 0. The number of nitrogens with two attached hydrogens (primary N) is 1. The Hall–Kier alpha value is -2.30. The molecule has 0 bridgehead atoms. The van der Waals surface area contributed by atoms with Crippen molar-refractivity contribution in [1.82, 2.24) is 14.9 Å². The highest BCUT2D eigenvalue weighted by Crippen LogP contribution is 2.15. The first-order valence-corrected chi connectivity index (χ1v) is 6.78. The molecule has 5 nitrogen and oxygen atoms in total. The molecule has 1 unspecified atom stereocenters. The summed E-state index contributed by atoms with van der Waals surface area (Å²) in [6.07, 6.45) is 6.22. The number of nitrogens with one attached hydrogen (secondary N) is 1. The zero-order valence-electron chi connectivity index (χ0n) is 11.8. The first-order valence-electron chi connectivity index (χ1n) is 6.78. The van der Waals surface area contributed by atoms with Crippen LogP contribution in [0.5, 0.6) is 0 Å². The third-order valence-electron chi connectivity index (χ3n) is 3.15. The van der Waals surface area contributed by atoms with E-state index in [1.807, 2.05) is 23.6 Å². The Labute approximate surface area is 118 Å². The van der Waals surface area contributed by atoms with Crippen molar-refractivity contribution in [2.24, 2.45) is 0 Å². The zero-order valence-corrected chi connectivity index (χ0v) is 11.8. The molecule has 0 spiro atoms. The van der Waals surface area contributed by atoms with Crippen LogP contribution in [0.2, 0.25) is 0 Å². The number of hydrogen-bond acceptors (Lipinski definition) is 3. The van der Waals surface area contributed by atoms with Crippen LogP contribution in [0.25, 0.3) is 0 Å². The van der Waals surface area contributed by atoms with Gasteiger partial charge in [-0.05, 0) is 31.0 Å². The van der Waals surface area contributed by atoms with Crippen molar-refractivity contribution in [3.8, 4) is 0 Å². The van der Waals surface area contributed by atoms with E-state index in [2.05, 4.69) is 17.2 Å². The molecule has 5 heteroatoms. The van der Waals surface area contributed by atoms with Gasteiger partial charge in [-0.25, -0.2) is 0 Å². The summed E-state index contributed by atoms with van der Waals surface area (Å²) in [5.41, 5.74) is 7.96. The molecule has 2 heterocycles. The van der Waals surface area contributed by atoms with E-state index in [1.165, 1.54) is 0 Å². The number of carbonyl (C=O) groups excluding carboxylic acids is 1. The Morgan fingerprint density at radius 3 is 3.00 bits per heavy atom. The molecule has 0 aliphatic carbocycles. The fourth-order valence-electron chi connectivity index (χ4n) is 2.14. The predicted octanol–water partition coefficient (Wildman–Crippen LogP) is 2.37. The van der Waals surface area contributed by atoms with Crippen LogP contribution in [-0.2, 0) is 6.54 Å². The molecular formula is C15H20N4O. The van der Waals surface area contributed by atoms with Crippen molar-refractivity contribution >= 4 is 11.6 Å². The van der Waals surface area contributed by atoms with Gasteiger partial charge in [-0.3, -0.25) is 9.78 Å². The maximum Gasteiger partial charge on any atom is 0.268 e. The van der Waals surface area contributed by atoms with Crippen molar-refractivity contribution in [2.45, 2.75) is 32.9 Å². The first-order chi connectivity index (χ1) is 9.61. The van der Waals surface area contributed by atoms with E-state index >= 15 is 0 Å². The lowest BCUT2D eigenvalue weighted by Crippen LogP contribution is -2.28. The van der Waals surface area contributed by atoms with E-state index in [0.29, 0.717) is 11.4 Å². The van der Waals surface area contributed by atoms with Crippen LogP contribution in [0.1, 0.15) is 42.4 Å². The van der Waals surface area contributed by atoms with Gasteiger partial charge < -0.3 is 15.6 Å². The minimum atomic E-state index is -0.119. The van der Waals surface area contributed by atoms with Gasteiger partial charge in [-0.2, -0.15) is 0 Å². The summed E-state index contributed by atoms with van der Waals surface area (Å²) in [4.78, 5) is 16.4. The van der Waals surface area contributed by atoms with E-state index in [0.717, 1.165) is 18.5 Å². The van der Waals surface area contributed by atoms with Gasteiger partial charge in [0.05, 0.1) is 11.7 Å². The van der Waals surface area contributed by atoms with Gasteiger partial charge in [0.25, 0.3) is 5.91 Å². The Morgan fingerprint density at radius 1 is 1.55 bits per heavy atom. The number of carbonyl (C=O) groups is 1. The lowest BCUT2D eigenvalue weighted by Gasteiger charge is -2.15. The van der Waals surface area contributed by atoms with E-state index < -0.39 is 0 Å². The van der Waals surface area contributed by atoms with Crippen molar-refractivity contribution in [2.75, 3.05) is 5.73 Å². The number of aryl methyl sites for hydroxylation is 1. The van der Waals surface area contributed by atoms with Crippen molar-refractivity contribution in [3.05, 3.63) is 48.0 Å². The number of amides is 1. The SMILES string of the molecule is CCCn1cc(N)cc1C(=O)NC(C)c1cccnc1. The molecule has 1 amide bonds. The Balaban J connectivity index is 2.12. The summed E-state index contributed by atoms with van der Waals surface area (Å²) < 4.78 is 1.89. The Kier molecular flexibility index (Phi) is 4.40. The molecule has 0 saturated carbocycles. The van der Waals surface area contributed by atoms with Gasteiger partial charge in [-0.15, -0.1) is 0 Å². The molecule has 106 valence electrons. The van der Waals surface area contributed by atoms with E-state index in [9.17, 15) is 4.79 Å². The largest absolute Gasteiger partial charge is 0.397 e. The molecule has 2 aromatic rings. The number of nitrogen functional groups attached to an aromatic ring is 1. The number of pyridine rings is 1. The maximum atomic E-state index is 12.3. The number of rotatable bonds is 5. The van der Waals surface area contributed by atoms with Crippen LogP contribution in [0.15, 0.2) is 36.8 Å². The Bertz CT molecular complexity index is 577. The fourth-order valence-corrected chi connectivity index (χ4v) is 2.14. The van der Waals surface area contributed by atoms with E-state index in [1.54, 1.807) is 24.7 Å². The molecule has 0 aromatic carbocycles. The Morgan fingerprint density at radius 2 is 2.35 bits per heavy atom. The molecule has 0 aliphatic rings. The average molecular weight is 272 g/mol. The summed E-state index contributed by atoms with van der Waals surface area (Å²) in [5, 5.41) is 2.97. The molecule has 0 radical (unpaired) electrons. The topological polar surface area (TPSA) is 72.9 Å². The first kappa shape index (κ1) is 14.1. The lowest BCUT2D eigenvalue weighted by atomic mass is 10.1. The molecular weight excluding hydrogens is 252 g/mol. The third kappa shape index (κ3) is 3.17. The molecule has 1 atom stereocenters. The summed E-state index contributed by atoms with van der Waals surface area (Å²) in [5.74, 6) is -0.119. The maximum absolute atomic E-state index is 12.3. The molecule has 2 aromatic heterocycles. The third-order valence-corrected chi connectivity index (χ3v) is 3.15. The molecule has 0 aliphatic heterocycles. The average Bonchev–Trinajstić information content (AvgIpc) is 2.81. The number of nitrogens with zero attached hydrogens (tertiary/aromatic N) is 2. The monoisotopic (exact) mass is 272 g/mol. The van der Waals surface area contributed by atoms with Crippen molar-refractivity contribution in [1.29, 1.82) is 0 Å². The van der Waals surface area contributed by atoms with Gasteiger partial charge in [-0.1, -0.05) is 13.0 Å². The van der Waals surface area contributed by atoms with Crippen LogP contribution < -0.4 is 11.1 Å². The molecule has 2 rings (SSSR count). The van der Waals surface area contributed by atoms with E-state index in [4.69, 9.17) is 5.73 Å². The summed E-state index contributed by atoms with van der Waals surface area (Å²) in [6.45, 7) is 4.78. The minimum Gasteiger partial charge on any atom is -0.397 e. The number of anilines is 1. The van der Waals surface area contributed by atoms with Crippen LogP contribution in [0, 0.1) is 0 Å². The smallest absolute Gasteiger partial charge is 0.268 e. The highest BCUT2D eigenvalue weighted by molar-refractivity contribution is 5.94. The second-order valence-electron chi connectivity index (χ2n) is 4.83. The van der Waals surface area contributed by atoms with Crippen molar-refractivity contribution < 1.29 is 4.79 Å². The molecule has 0 fully saturated rings. The lowest BCUT2D eigenvalue weighted by molar-refractivity contribution is 0.0930. The van der Waals surface area contributed by atoms with Crippen LogP contribution in [0.4, 0.5) is 5.69 Å². The van der Waals surface area contributed by atoms with E-state index in [-0.39, 0.29) is 11.9 Å². The fraction of sp³-hybridized carbons (Fsp3) is 0.333. The standard InChI is InChI=1S/C15H20N4O/c1-3-7-19-10-13(16)8-14(19)15(20)18-11(2)12-5-4-6-17-9-12/h4-6,8-11H,3,7,16H2,1-2H3,(H,18,20). The highest BCUT2D eigenvalue weighted by Gasteiger charge is 2.15. The van der Waals surface area contributed by atoms with Gasteiger partial charge in [0, 0.05) is 25.1 Å². The normalized spacial score (nSPS) is 12.1. The number of hydrogen-bond donors (Lipinski definition) is 2. The second kappa shape index (κ2) is 6.23. The van der Waals surface area contributed by atoms with Gasteiger partial charge >= 0.3 is 0 Å². The van der Waals surface area contributed by atoms with Crippen LogP contribution in [-0.4, -0.2) is 15.5 Å². The van der Waals surface area contributed by atoms with Crippen LogP contribution >= 0.6 is 0 Å². The molecule has 20 heavy (non-hydrogen) atoms. The van der Waals surface area contributed by atoms with Gasteiger partial charge in [0.2, 0.25) is 0 Å². The minimum absolute atomic E-state index is 0.0950. The van der Waals surface area contributed by atoms with Gasteiger partial charge in [0.1, 0.15) is 5.69 Å². The summed E-state index contributed by atoms with van der Waals surface area (Å²) in [6, 6.07) is 5.41. The molecule has 3 N–H and O–H groups in total. The predicted molar refractivity (Wildman–Crippen MR) is 79.3 cm³/mol. The summed E-state index contributed by atoms with van der Waals surface area (Å²) in [7, 11) is 0. The zero-order chi connectivity index (χ0) is 14.5. The quantitative estimate of drug-likeness (QED) is 0.877. The second-order valence-corrected chi connectivity index (χ2v) is 4.83. The van der Waals surface area contributed by atoms with Crippen LogP contribution in [0.3, 0.4) is 0 Å². The van der Waals surface area contributed by atoms with Crippen molar-refractivity contribution in [3.63, 3.8) is 0 Å². The molecule has 0 saturated heterocycles.